The Hall–Kier alpha value is -1.14. The minimum atomic E-state index is -0.428. The van der Waals surface area contributed by atoms with Gasteiger partial charge in [0, 0.05) is 13.0 Å². The summed E-state index contributed by atoms with van der Waals surface area (Å²) in [6.07, 6.45) is 42.5. The van der Waals surface area contributed by atoms with Crippen molar-refractivity contribution in [3.05, 3.63) is 0 Å². The van der Waals surface area contributed by atoms with Crippen LogP contribution < -0.4 is 0 Å². The first-order valence-corrected chi connectivity index (χ1v) is 25.0. The number of aliphatic hydroxyl groups excluding tert-OH is 1. The van der Waals surface area contributed by atoms with Crippen LogP contribution in [0.5, 0.6) is 0 Å². The molecule has 0 atom stereocenters. The summed E-state index contributed by atoms with van der Waals surface area (Å²) in [5.41, 5.74) is -0.428. The summed E-state index contributed by atoms with van der Waals surface area (Å²) in [4.78, 5) is 28.1. The highest BCUT2D eigenvalue weighted by molar-refractivity contribution is 5.76. The molecule has 0 rings (SSSR count). The summed E-state index contributed by atoms with van der Waals surface area (Å²) in [6.45, 7) is 15.1. The highest BCUT2D eigenvalue weighted by Crippen LogP contribution is 2.28. The molecule has 6 nitrogen and oxygen atoms in total. The lowest BCUT2D eigenvalue weighted by atomic mass is 9.86. The molecule has 0 saturated heterocycles. The normalized spacial score (nSPS) is 11.9. The molecule has 0 saturated carbocycles. The fourth-order valence-corrected chi connectivity index (χ4v) is 7.82. The fraction of sp³-hybridized carbons (Fsp3) is 0.960. The Kier molecular flexibility index (Phi) is 41.1. The third-order valence-corrected chi connectivity index (χ3v) is 11.9. The Morgan fingerprint density at radius 2 is 0.893 bits per heavy atom. The molecule has 0 aromatic heterocycles. The van der Waals surface area contributed by atoms with E-state index in [0.717, 1.165) is 83.8 Å². The Morgan fingerprint density at radius 1 is 0.500 bits per heavy atom. The van der Waals surface area contributed by atoms with Gasteiger partial charge in [-0.2, -0.15) is 0 Å². The van der Waals surface area contributed by atoms with Crippen molar-refractivity contribution in [2.45, 2.75) is 272 Å². The van der Waals surface area contributed by atoms with Gasteiger partial charge in [-0.25, -0.2) is 0 Å². The van der Waals surface area contributed by atoms with Crippen molar-refractivity contribution in [2.24, 2.45) is 5.41 Å². The first-order valence-electron chi connectivity index (χ1n) is 25.0. The van der Waals surface area contributed by atoms with Crippen LogP contribution in [0.15, 0.2) is 0 Å². The highest BCUT2D eigenvalue weighted by Gasteiger charge is 2.30. The third kappa shape index (κ3) is 37.2. The van der Waals surface area contributed by atoms with Crippen LogP contribution in [0.4, 0.5) is 0 Å². The van der Waals surface area contributed by atoms with E-state index in [1.54, 1.807) is 0 Å². The van der Waals surface area contributed by atoms with E-state index in [9.17, 15) is 14.7 Å². The van der Waals surface area contributed by atoms with Crippen molar-refractivity contribution >= 4 is 11.9 Å². The maximum Gasteiger partial charge on any atom is 0.311 e. The van der Waals surface area contributed by atoms with E-state index in [2.05, 4.69) is 39.5 Å². The number of aliphatic hydroxyl groups is 1. The molecule has 0 bridgehead atoms. The Labute approximate surface area is 350 Å². The van der Waals surface area contributed by atoms with Crippen molar-refractivity contribution in [1.82, 2.24) is 4.90 Å². The molecule has 334 valence electrons. The van der Waals surface area contributed by atoms with Crippen molar-refractivity contribution in [3.8, 4) is 0 Å². The van der Waals surface area contributed by atoms with Gasteiger partial charge in [0.2, 0.25) is 0 Å². The molecular weight excluding hydrogens is 695 g/mol. The minimum Gasteiger partial charge on any atom is -0.466 e. The number of esters is 2. The molecule has 6 heteroatoms. The molecule has 0 aromatic rings. The van der Waals surface area contributed by atoms with E-state index in [0.29, 0.717) is 13.0 Å². The second-order valence-corrected chi connectivity index (χ2v) is 18.0. The van der Waals surface area contributed by atoms with Crippen LogP contribution in [-0.4, -0.2) is 60.9 Å². The molecule has 1 N–H and O–H groups in total. The summed E-state index contributed by atoms with van der Waals surface area (Å²) in [5, 5.41) is 9.33. The van der Waals surface area contributed by atoms with Gasteiger partial charge in [-0.15, -0.1) is 0 Å². The van der Waals surface area contributed by atoms with E-state index >= 15 is 0 Å². The standard InChI is InChI=1S/C50H99NO5/c1-6-9-12-15-18-22-29-38-47(39-30-23-19-16-13-10-7-2)56-49(54)50(4,5)41-32-25-27-34-43-51(44-35-36-45-52)42-33-26-21-24-31-40-48(53)55-46-37-28-20-17-14-11-8-3/h47,52H,6-46H2,1-5H3. The molecule has 0 aliphatic heterocycles. The molecule has 0 unspecified atom stereocenters. The quantitative estimate of drug-likeness (QED) is 0.0489. The Morgan fingerprint density at radius 3 is 1.38 bits per heavy atom. The molecule has 56 heavy (non-hydrogen) atoms. The topological polar surface area (TPSA) is 76.1 Å². The first-order chi connectivity index (χ1) is 27.3. The van der Waals surface area contributed by atoms with Crippen molar-refractivity contribution < 1.29 is 24.2 Å². The lowest BCUT2D eigenvalue weighted by Gasteiger charge is -2.27. The van der Waals surface area contributed by atoms with E-state index < -0.39 is 5.41 Å². The fourth-order valence-electron chi connectivity index (χ4n) is 7.82. The van der Waals surface area contributed by atoms with Crippen molar-refractivity contribution in [1.29, 1.82) is 0 Å². The summed E-state index contributed by atoms with van der Waals surface area (Å²) in [6, 6.07) is 0. The molecule has 0 aliphatic rings. The van der Waals surface area contributed by atoms with Gasteiger partial charge in [-0.3, -0.25) is 9.59 Å². The summed E-state index contributed by atoms with van der Waals surface area (Å²) in [5.74, 6) is -0.00599. The lowest BCUT2D eigenvalue weighted by Crippen LogP contribution is -2.31. The molecule has 0 spiro atoms. The zero-order chi connectivity index (χ0) is 41.2. The van der Waals surface area contributed by atoms with E-state index in [1.807, 2.05) is 0 Å². The van der Waals surface area contributed by atoms with Gasteiger partial charge >= 0.3 is 11.9 Å². The predicted octanol–water partition coefficient (Wildman–Crippen LogP) is 14.9. The molecule has 0 radical (unpaired) electrons. The molecule has 0 fully saturated rings. The van der Waals surface area contributed by atoms with Crippen LogP contribution in [0, 0.1) is 5.41 Å². The monoisotopic (exact) mass is 794 g/mol. The van der Waals surface area contributed by atoms with E-state index in [1.165, 1.54) is 161 Å². The lowest BCUT2D eigenvalue weighted by molar-refractivity contribution is -0.161. The van der Waals surface area contributed by atoms with Gasteiger partial charge in [0.1, 0.15) is 6.10 Å². The average molecular weight is 794 g/mol. The molecule has 0 aromatic carbocycles. The van der Waals surface area contributed by atoms with E-state index in [-0.39, 0.29) is 24.6 Å². The highest BCUT2D eigenvalue weighted by atomic mass is 16.5. The largest absolute Gasteiger partial charge is 0.466 e. The summed E-state index contributed by atoms with van der Waals surface area (Å²) >= 11 is 0. The van der Waals surface area contributed by atoms with Gasteiger partial charge in [0.15, 0.2) is 0 Å². The van der Waals surface area contributed by atoms with Crippen LogP contribution in [0.25, 0.3) is 0 Å². The second-order valence-electron chi connectivity index (χ2n) is 18.0. The van der Waals surface area contributed by atoms with Gasteiger partial charge < -0.3 is 19.5 Å². The second kappa shape index (κ2) is 42.0. The number of unbranched alkanes of at least 4 members (excludes halogenated alkanes) is 26. The molecule has 0 aliphatic carbocycles. The number of hydrogen-bond acceptors (Lipinski definition) is 6. The zero-order valence-electron chi connectivity index (χ0n) is 38.6. The Balaban J connectivity index is 4.37. The number of nitrogens with zero attached hydrogens (tertiary/aromatic N) is 1. The number of carbonyl (C=O) groups excluding carboxylic acids is 2. The Bertz CT molecular complexity index is 814. The minimum absolute atomic E-state index is 0.0159. The van der Waals surface area contributed by atoms with Gasteiger partial charge in [0.05, 0.1) is 12.0 Å². The van der Waals surface area contributed by atoms with E-state index in [4.69, 9.17) is 9.47 Å². The molecular formula is C50H99NO5. The van der Waals surface area contributed by atoms with Crippen molar-refractivity contribution in [3.63, 3.8) is 0 Å². The van der Waals surface area contributed by atoms with Gasteiger partial charge in [-0.05, 0) is 104 Å². The van der Waals surface area contributed by atoms with Crippen LogP contribution >= 0.6 is 0 Å². The van der Waals surface area contributed by atoms with Gasteiger partial charge in [0.25, 0.3) is 0 Å². The maximum atomic E-state index is 13.5. The molecule has 0 heterocycles. The molecule has 0 amide bonds. The van der Waals surface area contributed by atoms with Crippen molar-refractivity contribution in [2.75, 3.05) is 32.8 Å². The maximum absolute atomic E-state index is 13.5. The van der Waals surface area contributed by atoms with Crippen LogP contribution in [0.2, 0.25) is 0 Å². The number of hydrogen-bond donors (Lipinski definition) is 1. The van der Waals surface area contributed by atoms with Gasteiger partial charge in [-0.1, -0.05) is 175 Å². The van der Waals surface area contributed by atoms with Crippen LogP contribution in [-0.2, 0) is 19.1 Å². The number of rotatable bonds is 45. The zero-order valence-corrected chi connectivity index (χ0v) is 38.6. The van der Waals surface area contributed by atoms with Crippen LogP contribution in [0.3, 0.4) is 0 Å². The summed E-state index contributed by atoms with van der Waals surface area (Å²) in [7, 11) is 0. The SMILES string of the molecule is CCCCCCCCCOC(=O)CCCCCCCN(CCCCO)CCCCCCC(C)(C)C(=O)OC(CCCCCCCCC)CCCCCCCCC. The smallest absolute Gasteiger partial charge is 0.311 e. The van der Waals surface area contributed by atoms with Crippen LogP contribution in [0.1, 0.15) is 266 Å². The number of carbonyl (C=O) groups is 2. The third-order valence-electron chi connectivity index (χ3n) is 11.9. The predicted molar refractivity (Wildman–Crippen MR) is 241 cm³/mol. The average Bonchev–Trinajstić information content (AvgIpc) is 3.18. The summed E-state index contributed by atoms with van der Waals surface area (Å²) < 4.78 is 11.7. The number of ether oxygens (including phenoxy) is 2. The first kappa shape index (κ1) is 54.9.